The van der Waals surface area contributed by atoms with Crippen LogP contribution in [0.2, 0.25) is 0 Å². The number of anilines is 2. The molecule has 3 aromatic carbocycles. The predicted molar refractivity (Wildman–Crippen MR) is 149 cm³/mol. The SMILES string of the molecule is CC1=CC[C@H]2C(=O)N(c3ccccc3C(=O)Nc3ccc(Oc4cc(C)ccc4C(C)C)cc3)C(=O)[C@@H]2C1. The minimum Gasteiger partial charge on any atom is -0.457 e. The molecule has 1 aliphatic heterocycles. The molecule has 0 saturated carbocycles. The molecule has 1 aliphatic carbocycles. The lowest BCUT2D eigenvalue weighted by Crippen LogP contribution is -2.33. The molecule has 6 heteroatoms. The summed E-state index contributed by atoms with van der Waals surface area (Å²) in [7, 11) is 0. The number of allylic oxidation sites excluding steroid dienone is 2. The number of amides is 3. The lowest BCUT2D eigenvalue weighted by molar-refractivity contribution is -0.122. The lowest BCUT2D eigenvalue weighted by Gasteiger charge is -2.19. The molecule has 0 radical (unpaired) electrons. The fourth-order valence-corrected chi connectivity index (χ4v) is 5.27. The highest BCUT2D eigenvalue weighted by atomic mass is 16.5. The van der Waals surface area contributed by atoms with Crippen molar-refractivity contribution >= 4 is 29.1 Å². The first-order valence-electron chi connectivity index (χ1n) is 13.0. The molecule has 1 N–H and O–H groups in total. The smallest absolute Gasteiger partial charge is 0.257 e. The van der Waals surface area contributed by atoms with Crippen molar-refractivity contribution < 1.29 is 19.1 Å². The molecule has 2 atom stereocenters. The molecule has 0 aromatic heterocycles. The quantitative estimate of drug-likeness (QED) is 0.287. The van der Waals surface area contributed by atoms with Crippen molar-refractivity contribution in [2.45, 2.75) is 46.5 Å². The first-order valence-corrected chi connectivity index (χ1v) is 13.0. The fraction of sp³-hybridized carbons (Fsp3) is 0.281. The van der Waals surface area contributed by atoms with Gasteiger partial charge in [-0.25, -0.2) is 4.90 Å². The number of nitrogens with one attached hydrogen (secondary N) is 1. The number of rotatable bonds is 6. The fourth-order valence-electron chi connectivity index (χ4n) is 5.27. The summed E-state index contributed by atoms with van der Waals surface area (Å²) in [5.41, 5.74) is 4.55. The summed E-state index contributed by atoms with van der Waals surface area (Å²) in [4.78, 5) is 40.9. The van der Waals surface area contributed by atoms with E-state index in [9.17, 15) is 14.4 Å². The molecular weight excluding hydrogens is 476 g/mol. The van der Waals surface area contributed by atoms with Crippen LogP contribution in [-0.2, 0) is 9.59 Å². The van der Waals surface area contributed by atoms with E-state index in [1.165, 1.54) is 4.90 Å². The zero-order valence-electron chi connectivity index (χ0n) is 22.2. The van der Waals surface area contributed by atoms with E-state index < -0.39 is 0 Å². The third-order valence-corrected chi connectivity index (χ3v) is 7.34. The van der Waals surface area contributed by atoms with E-state index in [4.69, 9.17) is 4.74 Å². The van der Waals surface area contributed by atoms with E-state index in [-0.39, 0.29) is 35.1 Å². The van der Waals surface area contributed by atoms with Crippen molar-refractivity contribution in [1.82, 2.24) is 0 Å². The van der Waals surface area contributed by atoms with E-state index in [0.29, 0.717) is 35.9 Å². The molecule has 3 amide bonds. The number of ether oxygens (including phenoxy) is 1. The highest BCUT2D eigenvalue weighted by molar-refractivity contribution is 6.25. The Hall–Kier alpha value is -4.19. The van der Waals surface area contributed by atoms with Crippen LogP contribution in [0.4, 0.5) is 11.4 Å². The van der Waals surface area contributed by atoms with Gasteiger partial charge in [0.25, 0.3) is 5.91 Å². The van der Waals surface area contributed by atoms with Gasteiger partial charge in [0, 0.05) is 5.69 Å². The van der Waals surface area contributed by atoms with Crippen molar-refractivity contribution in [2.24, 2.45) is 11.8 Å². The van der Waals surface area contributed by atoms with E-state index in [0.717, 1.165) is 22.4 Å². The Bertz CT molecular complexity index is 1440. The van der Waals surface area contributed by atoms with Gasteiger partial charge < -0.3 is 10.1 Å². The molecule has 5 rings (SSSR count). The summed E-state index contributed by atoms with van der Waals surface area (Å²) in [6, 6.07) is 20.1. The molecule has 1 saturated heterocycles. The van der Waals surface area contributed by atoms with Crippen LogP contribution >= 0.6 is 0 Å². The number of hydrogen-bond acceptors (Lipinski definition) is 4. The number of aryl methyl sites for hydroxylation is 1. The first-order chi connectivity index (χ1) is 18.2. The number of para-hydroxylation sites is 1. The minimum absolute atomic E-state index is 0.230. The van der Waals surface area contributed by atoms with Crippen molar-refractivity contribution in [3.8, 4) is 11.5 Å². The molecule has 3 aromatic rings. The predicted octanol–water partition coefficient (Wildman–Crippen LogP) is 7.01. The van der Waals surface area contributed by atoms with E-state index >= 15 is 0 Å². The third kappa shape index (κ3) is 4.86. The molecule has 1 fully saturated rings. The van der Waals surface area contributed by atoms with Gasteiger partial charge in [-0.05, 0) is 86.2 Å². The molecule has 0 spiro atoms. The topological polar surface area (TPSA) is 75.7 Å². The van der Waals surface area contributed by atoms with Crippen LogP contribution in [0.5, 0.6) is 11.5 Å². The highest BCUT2D eigenvalue weighted by Crippen LogP contribution is 2.40. The van der Waals surface area contributed by atoms with Crippen LogP contribution in [-0.4, -0.2) is 17.7 Å². The molecule has 38 heavy (non-hydrogen) atoms. The van der Waals surface area contributed by atoms with Gasteiger partial charge in [0.15, 0.2) is 0 Å². The van der Waals surface area contributed by atoms with Crippen LogP contribution in [0.3, 0.4) is 0 Å². The number of benzene rings is 3. The third-order valence-electron chi connectivity index (χ3n) is 7.34. The van der Waals surface area contributed by atoms with Gasteiger partial charge in [0.1, 0.15) is 11.5 Å². The second-order valence-corrected chi connectivity index (χ2v) is 10.5. The van der Waals surface area contributed by atoms with Gasteiger partial charge in [-0.2, -0.15) is 0 Å². The average molecular weight is 509 g/mol. The van der Waals surface area contributed by atoms with Crippen molar-refractivity contribution in [1.29, 1.82) is 0 Å². The number of hydrogen-bond donors (Lipinski definition) is 1. The van der Waals surface area contributed by atoms with Gasteiger partial charge in [-0.1, -0.05) is 49.8 Å². The number of carbonyl (C=O) groups is 3. The van der Waals surface area contributed by atoms with Crippen molar-refractivity contribution in [2.75, 3.05) is 10.2 Å². The van der Waals surface area contributed by atoms with Crippen LogP contribution < -0.4 is 15.0 Å². The summed E-state index contributed by atoms with van der Waals surface area (Å²) in [6.45, 7) is 8.27. The van der Waals surface area contributed by atoms with Gasteiger partial charge in [0.05, 0.1) is 23.1 Å². The summed E-state index contributed by atoms with van der Waals surface area (Å²) in [5.74, 6) is 0.226. The summed E-state index contributed by atoms with van der Waals surface area (Å²) in [5, 5.41) is 2.90. The summed E-state index contributed by atoms with van der Waals surface area (Å²) < 4.78 is 6.16. The Morgan fingerprint density at radius 3 is 2.39 bits per heavy atom. The lowest BCUT2D eigenvalue weighted by atomic mass is 9.82. The van der Waals surface area contributed by atoms with Gasteiger partial charge in [-0.15, -0.1) is 0 Å². The molecule has 0 unspecified atom stereocenters. The Balaban J connectivity index is 1.33. The van der Waals surface area contributed by atoms with Crippen LogP contribution in [0.15, 0.2) is 78.4 Å². The molecular formula is C32H32N2O4. The second kappa shape index (κ2) is 10.3. The van der Waals surface area contributed by atoms with E-state index in [1.54, 1.807) is 36.4 Å². The van der Waals surface area contributed by atoms with Gasteiger partial charge in [0.2, 0.25) is 11.8 Å². The van der Waals surface area contributed by atoms with Crippen molar-refractivity contribution in [3.63, 3.8) is 0 Å². The van der Waals surface area contributed by atoms with Gasteiger partial charge >= 0.3 is 0 Å². The number of carbonyl (C=O) groups excluding carboxylic acids is 3. The Morgan fingerprint density at radius 2 is 1.66 bits per heavy atom. The first kappa shape index (κ1) is 25.5. The highest BCUT2D eigenvalue weighted by Gasteiger charge is 2.49. The minimum atomic E-state index is -0.389. The maximum Gasteiger partial charge on any atom is 0.257 e. The second-order valence-electron chi connectivity index (χ2n) is 10.5. The van der Waals surface area contributed by atoms with Crippen LogP contribution in [0.1, 0.15) is 61.0 Å². The molecule has 2 aliphatic rings. The van der Waals surface area contributed by atoms with E-state index in [1.807, 2.05) is 38.1 Å². The van der Waals surface area contributed by atoms with Crippen LogP contribution in [0.25, 0.3) is 0 Å². The molecule has 6 nitrogen and oxygen atoms in total. The standard InChI is InChI=1S/C32H32N2O4/c1-19(2)24-15-9-21(4)18-29(24)38-23-13-11-22(12-14-23)33-30(35)26-7-5-6-8-28(26)34-31(36)25-16-10-20(3)17-27(25)32(34)37/h5-15,18-19,25,27H,16-17H2,1-4H3,(H,33,35)/t25-,27-/m1/s1. The monoisotopic (exact) mass is 508 g/mol. The van der Waals surface area contributed by atoms with Crippen molar-refractivity contribution in [3.05, 3.63) is 95.1 Å². The largest absolute Gasteiger partial charge is 0.457 e. The number of nitrogens with zero attached hydrogens (tertiary/aromatic N) is 1. The molecule has 0 bridgehead atoms. The van der Waals surface area contributed by atoms with Gasteiger partial charge in [-0.3, -0.25) is 14.4 Å². The van der Waals surface area contributed by atoms with E-state index in [2.05, 4.69) is 31.3 Å². The zero-order valence-corrected chi connectivity index (χ0v) is 22.2. The Morgan fingerprint density at radius 1 is 0.947 bits per heavy atom. The number of fused-ring (bicyclic) bond motifs is 1. The van der Waals surface area contributed by atoms with Crippen LogP contribution in [0, 0.1) is 18.8 Å². The molecule has 1 heterocycles. The number of imide groups is 1. The Kier molecular flexibility index (Phi) is 6.89. The normalized spacial score (nSPS) is 18.9. The summed E-state index contributed by atoms with van der Waals surface area (Å²) >= 11 is 0. The average Bonchev–Trinajstić information content (AvgIpc) is 3.13. The Labute approximate surface area is 223 Å². The maximum atomic E-state index is 13.3. The summed E-state index contributed by atoms with van der Waals surface area (Å²) in [6.07, 6.45) is 3.17. The zero-order chi connectivity index (χ0) is 27.0. The maximum absolute atomic E-state index is 13.3. The molecule has 194 valence electrons.